The summed E-state index contributed by atoms with van der Waals surface area (Å²) in [5, 5.41) is 2.00. The third-order valence-electron chi connectivity index (χ3n) is 8.62. The molecule has 1 saturated heterocycles. The van der Waals surface area contributed by atoms with Gasteiger partial charge in [0.2, 0.25) is 18.0 Å². The Morgan fingerprint density at radius 1 is 1.09 bits per heavy atom. The van der Waals surface area contributed by atoms with Crippen LogP contribution in [0.3, 0.4) is 0 Å². The van der Waals surface area contributed by atoms with Crippen LogP contribution in [0, 0.1) is 17.6 Å². The zero-order chi connectivity index (χ0) is 31.0. The first-order valence-corrected chi connectivity index (χ1v) is 15.7. The van der Waals surface area contributed by atoms with Crippen LogP contribution in [0.25, 0.3) is 0 Å². The van der Waals surface area contributed by atoms with E-state index in [4.69, 9.17) is 9.47 Å². The molecule has 3 unspecified atom stereocenters. The molecule has 3 atom stereocenters. The second-order valence-corrected chi connectivity index (χ2v) is 12.1. The van der Waals surface area contributed by atoms with E-state index in [0.717, 1.165) is 49.3 Å². The fraction of sp³-hybridized carbons (Fsp3) is 0.406. The molecular formula is C32H33F2N3O6S. The van der Waals surface area contributed by atoms with Crippen molar-refractivity contribution in [1.29, 1.82) is 0 Å². The number of pyridine rings is 1. The van der Waals surface area contributed by atoms with E-state index in [9.17, 15) is 18.8 Å². The van der Waals surface area contributed by atoms with E-state index in [-0.39, 0.29) is 22.8 Å². The fourth-order valence-electron chi connectivity index (χ4n) is 6.52. The quantitative estimate of drug-likeness (QED) is 0.235. The van der Waals surface area contributed by atoms with Crippen molar-refractivity contribution in [1.82, 2.24) is 9.58 Å². The Bertz CT molecular complexity index is 1650. The highest BCUT2D eigenvalue weighted by Gasteiger charge is 2.47. The highest BCUT2D eigenvalue weighted by Crippen LogP contribution is 2.46. The van der Waals surface area contributed by atoms with Gasteiger partial charge in [0.15, 0.2) is 17.3 Å². The zero-order valence-corrected chi connectivity index (χ0v) is 25.3. The molecule has 3 aromatic rings. The van der Waals surface area contributed by atoms with Crippen molar-refractivity contribution in [2.24, 2.45) is 5.92 Å². The molecule has 2 aromatic carbocycles. The summed E-state index contributed by atoms with van der Waals surface area (Å²) in [6.45, 7) is 1.95. The normalized spacial score (nSPS) is 20.5. The molecule has 12 heteroatoms. The molecule has 3 aliphatic rings. The van der Waals surface area contributed by atoms with Gasteiger partial charge in [-0.3, -0.25) is 19.3 Å². The van der Waals surface area contributed by atoms with E-state index in [1.807, 2.05) is 29.3 Å². The summed E-state index contributed by atoms with van der Waals surface area (Å²) in [5.41, 5.74) is 1.09. The predicted molar refractivity (Wildman–Crippen MR) is 159 cm³/mol. The van der Waals surface area contributed by atoms with Crippen LogP contribution in [-0.4, -0.2) is 48.3 Å². The van der Waals surface area contributed by atoms with Gasteiger partial charge in [0, 0.05) is 35.0 Å². The first-order chi connectivity index (χ1) is 21.3. The van der Waals surface area contributed by atoms with Crippen molar-refractivity contribution in [2.75, 3.05) is 25.5 Å². The molecule has 232 valence electrons. The van der Waals surface area contributed by atoms with E-state index in [0.29, 0.717) is 24.4 Å². The zero-order valence-electron chi connectivity index (χ0n) is 24.5. The van der Waals surface area contributed by atoms with E-state index < -0.39 is 48.1 Å². The number of benzene rings is 2. The number of nitrogens with zero attached hydrogens (tertiary/aromatic N) is 3. The minimum atomic E-state index is -1.00. The van der Waals surface area contributed by atoms with Crippen LogP contribution >= 0.6 is 11.8 Å². The Kier molecular flexibility index (Phi) is 8.53. The van der Waals surface area contributed by atoms with Crippen LogP contribution in [-0.2, 0) is 15.2 Å². The second kappa shape index (κ2) is 12.5. The lowest BCUT2D eigenvalue weighted by Gasteiger charge is -2.53. The van der Waals surface area contributed by atoms with Crippen LogP contribution in [0.2, 0.25) is 0 Å². The molecule has 0 bridgehead atoms. The molecule has 0 radical (unpaired) electrons. The highest BCUT2D eigenvalue weighted by molar-refractivity contribution is 7.98. The SMILES string of the molecule is CCCCC1CCN2C(=O)c3c(OCOC(=O)OC)c(=O)ccn3N(C3c4ccccc4SCc4c3ccc(F)c4F)C2C1. The van der Waals surface area contributed by atoms with Gasteiger partial charge in [-0.05, 0) is 42.0 Å². The molecule has 0 spiro atoms. The average molecular weight is 626 g/mol. The Balaban J connectivity index is 1.56. The van der Waals surface area contributed by atoms with Crippen LogP contribution in [0.5, 0.6) is 5.75 Å². The summed E-state index contributed by atoms with van der Waals surface area (Å²) < 4.78 is 46.7. The van der Waals surface area contributed by atoms with Crippen molar-refractivity contribution >= 4 is 23.8 Å². The van der Waals surface area contributed by atoms with Crippen molar-refractivity contribution in [3.8, 4) is 5.75 Å². The Hall–Kier alpha value is -4.06. The highest BCUT2D eigenvalue weighted by atomic mass is 32.2. The maximum Gasteiger partial charge on any atom is 0.510 e. The molecule has 0 N–H and O–H groups in total. The summed E-state index contributed by atoms with van der Waals surface area (Å²) in [6, 6.07) is 11.1. The first-order valence-electron chi connectivity index (χ1n) is 14.7. The number of ether oxygens (including phenoxy) is 3. The molecule has 0 saturated carbocycles. The van der Waals surface area contributed by atoms with Crippen LogP contribution in [0.15, 0.2) is 58.4 Å². The van der Waals surface area contributed by atoms with Gasteiger partial charge in [0.1, 0.15) is 6.17 Å². The molecule has 1 aromatic heterocycles. The molecule has 1 amide bonds. The summed E-state index contributed by atoms with van der Waals surface area (Å²) in [6.07, 6.45) is 4.64. The smallest absolute Gasteiger partial charge is 0.451 e. The van der Waals surface area contributed by atoms with Crippen LogP contribution in [0.4, 0.5) is 13.6 Å². The molecule has 44 heavy (non-hydrogen) atoms. The summed E-state index contributed by atoms with van der Waals surface area (Å²) in [7, 11) is 1.14. The Morgan fingerprint density at radius 2 is 1.91 bits per heavy atom. The number of thioether (sulfide) groups is 1. The maximum absolute atomic E-state index is 15.5. The standard InChI is InChI=1S/C32H33F2N3O6S/c1-3-4-7-19-12-14-35-26(16-19)37(36-15-13-24(38)30(29(36)31(35)39)42-18-43-32(40)41-2)28-20-10-11-23(33)27(34)22(20)17-44-25-9-6-5-8-21(25)28/h5-6,8-11,13,15,19,26,28H,3-4,7,12,14,16-18H2,1-2H3. The molecule has 9 nitrogen and oxygen atoms in total. The lowest BCUT2D eigenvalue weighted by molar-refractivity contribution is 0.0120. The monoisotopic (exact) mass is 625 g/mol. The summed E-state index contributed by atoms with van der Waals surface area (Å²) in [4.78, 5) is 41.5. The van der Waals surface area contributed by atoms with Gasteiger partial charge in [-0.2, -0.15) is 0 Å². The van der Waals surface area contributed by atoms with E-state index in [1.165, 1.54) is 24.0 Å². The van der Waals surface area contributed by atoms with Gasteiger partial charge in [-0.1, -0.05) is 50.5 Å². The van der Waals surface area contributed by atoms with Gasteiger partial charge >= 0.3 is 6.16 Å². The van der Waals surface area contributed by atoms with Crippen molar-refractivity contribution in [3.63, 3.8) is 0 Å². The van der Waals surface area contributed by atoms with Crippen molar-refractivity contribution in [2.45, 2.75) is 61.9 Å². The number of piperidine rings is 1. The number of carbonyl (C=O) groups excluding carboxylic acids is 2. The second-order valence-electron chi connectivity index (χ2n) is 11.1. The number of methoxy groups -OCH3 is 1. The summed E-state index contributed by atoms with van der Waals surface area (Å²) in [5.74, 6) is -1.93. The minimum absolute atomic E-state index is 0.0345. The molecule has 4 heterocycles. The van der Waals surface area contributed by atoms with Crippen LogP contribution in [0.1, 0.15) is 72.2 Å². The van der Waals surface area contributed by atoms with Gasteiger partial charge in [-0.25, -0.2) is 13.6 Å². The molecule has 1 fully saturated rings. The molecular weight excluding hydrogens is 592 g/mol. The number of amides is 1. The third-order valence-corrected chi connectivity index (χ3v) is 9.74. The number of hydrogen-bond acceptors (Lipinski definition) is 8. The van der Waals surface area contributed by atoms with Crippen molar-refractivity contribution < 1.29 is 32.6 Å². The number of carbonyl (C=O) groups is 2. The van der Waals surface area contributed by atoms with Gasteiger partial charge < -0.3 is 19.1 Å². The number of aromatic nitrogens is 1. The molecule has 3 aliphatic heterocycles. The predicted octanol–water partition coefficient (Wildman–Crippen LogP) is 5.96. The van der Waals surface area contributed by atoms with E-state index in [2.05, 4.69) is 11.7 Å². The lowest BCUT2D eigenvalue weighted by Crippen LogP contribution is -2.64. The summed E-state index contributed by atoms with van der Waals surface area (Å²) >= 11 is 1.43. The van der Waals surface area contributed by atoms with Gasteiger partial charge in [0.05, 0.1) is 13.2 Å². The number of rotatable bonds is 7. The topological polar surface area (TPSA) is 90.3 Å². The maximum atomic E-state index is 15.5. The Labute approximate surface area is 257 Å². The third kappa shape index (κ3) is 5.29. The van der Waals surface area contributed by atoms with Gasteiger partial charge in [0.25, 0.3) is 5.91 Å². The van der Waals surface area contributed by atoms with Gasteiger partial charge in [-0.15, -0.1) is 11.8 Å². The number of halogens is 2. The van der Waals surface area contributed by atoms with E-state index >= 15 is 4.39 Å². The van der Waals surface area contributed by atoms with Crippen molar-refractivity contribution in [3.05, 3.63) is 92.9 Å². The number of fused-ring (bicyclic) bond motifs is 4. The Morgan fingerprint density at radius 3 is 2.70 bits per heavy atom. The number of unbranched alkanes of at least 4 members (excludes halogenated alkanes) is 1. The largest absolute Gasteiger partial charge is 0.510 e. The lowest BCUT2D eigenvalue weighted by atomic mass is 9.87. The molecule has 6 rings (SSSR count). The minimum Gasteiger partial charge on any atom is -0.451 e. The molecule has 0 aliphatic carbocycles. The first kappa shape index (κ1) is 30.0. The van der Waals surface area contributed by atoms with E-state index in [1.54, 1.807) is 15.6 Å². The number of hydrogen-bond donors (Lipinski definition) is 0. The fourth-order valence-corrected chi connectivity index (χ4v) is 7.63. The van der Waals surface area contributed by atoms with Crippen LogP contribution < -0.4 is 15.2 Å². The average Bonchev–Trinajstić information content (AvgIpc) is 3.20.